The molecular weight excluding hydrogens is 232 g/mol. The van der Waals surface area contributed by atoms with Crippen LogP contribution in [0.5, 0.6) is 0 Å². The topological polar surface area (TPSA) is 101 Å². The van der Waals surface area contributed by atoms with Gasteiger partial charge in [-0.15, -0.1) is 0 Å². The maximum Gasteiger partial charge on any atom is 0.305 e. The third-order valence-corrected chi connectivity index (χ3v) is 2.18. The molecule has 6 nitrogen and oxygen atoms in total. The van der Waals surface area contributed by atoms with E-state index in [1.54, 1.807) is 13.0 Å². The van der Waals surface area contributed by atoms with E-state index in [0.717, 1.165) is 0 Å². The first-order valence-electron chi connectivity index (χ1n) is 5.72. The molecule has 0 fully saturated rings. The van der Waals surface area contributed by atoms with Crippen molar-refractivity contribution in [3.05, 3.63) is 17.8 Å². The van der Waals surface area contributed by atoms with Crippen LogP contribution in [0.3, 0.4) is 0 Å². The molecule has 3 N–H and O–H groups in total. The van der Waals surface area contributed by atoms with Crippen molar-refractivity contribution in [2.24, 2.45) is 0 Å². The second-order valence-corrected chi connectivity index (χ2v) is 3.61. The van der Waals surface area contributed by atoms with E-state index in [0.29, 0.717) is 43.1 Å². The number of esters is 1. The van der Waals surface area contributed by atoms with E-state index in [-0.39, 0.29) is 5.97 Å². The lowest BCUT2D eigenvalue weighted by Gasteiger charge is -2.07. The van der Waals surface area contributed by atoms with Gasteiger partial charge < -0.3 is 15.8 Å². The number of carbonyl (C=O) groups excluding carboxylic acids is 1. The molecule has 18 heavy (non-hydrogen) atoms. The lowest BCUT2D eigenvalue weighted by molar-refractivity contribution is -0.143. The van der Waals surface area contributed by atoms with Crippen LogP contribution in [-0.4, -0.2) is 24.1 Å². The molecule has 0 bridgehead atoms. The summed E-state index contributed by atoms with van der Waals surface area (Å²) in [7, 11) is 0. The zero-order valence-electron chi connectivity index (χ0n) is 10.3. The van der Waals surface area contributed by atoms with E-state index in [1.807, 2.05) is 6.07 Å². The molecule has 0 saturated heterocycles. The van der Waals surface area contributed by atoms with Crippen LogP contribution in [0, 0.1) is 11.3 Å². The highest BCUT2D eigenvalue weighted by Crippen LogP contribution is 2.14. The number of hydrogen-bond acceptors (Lipinski definition) is 6. The van der Waals surface area contributed by atoms with Crippen molar-refractivity contribution >= 4 is 17.5 Å². The molecule has 0 radical (unpaired) electrons. The number of aromatic nitrogens is 1. The van der Waals surface area contributed by atoms with Crippen LogP contribution in [0.2, 0.25) is 0 Å². The fourth-order valence-corrected chi connectivity index (χ4v) is 1.38. The summed E-state index contributed by atoms with van der Waals surface area (Å²) in [6, 6.07) is 3.57. The number of nitrogen functional groups attached to an aromatic ring is 1. The molecular formula is C12H16N4O2. The molecule has 0 aromatic carbocycles. The van der Waals surface area contributed by atoms with E-state index in [9.17, 15) is 4.79 Å². The number of ether oxygens (including phenoxy) is 1. The summed E-state index contributed by atoms with van der Waals surface area (Å²) in [6.07, 6.45) is 2.45. The molecule has 0 saturated carbocycles. The van der Waals surface area contributed by atoms with Gasteiger partial charge in [-0.2, -0.15) is 5.26 Å². The molecule has 1 rings (SSSR count). The molecule has 1 heterocycles. The van der Waals surface area contributed by atoms with Gasteiger partial charge in [0.2, 0.25) is 0 Å². The Kier molecular flexibility index (Phi) is 5.45. The molecule has 0 amide bonds. The maximum absolute atomic E-state index is 11.1. The first-order chi connectivity index (χ1) is 8.67. The highest BCUT2D eigenvalue weighted by molar-refractivity contribution is 5.69. The first kappa shape index (κ1) is 13.8. The number of nitrogens with zero attached hydrogens (tertiary/aromatic N) is 2. The van der Waals surface area contributed by atoms with Gasteiger partial charge in [-0.3, -0.25) is 4.79 Å². The van der Waals surface area contributed by atoms with Crippen LogP contribution in [0.1, 0.15) is 25.3 Å². The Morgan fingerprint density at radius 1 is 1.67 bits per heavy atom. The smallest absolute Gasteiger partial charge is 0.305 e. The summed E-state index contributed by atoms with van der Waals surface area (Å²) >= 11 is 0. The van der Waals surface area contributed by atoms with E-state index in [4.69, 9.17) is 15.7 Å². The largest absolute Gasteiger partial charge is 0.466 e. The predicted octanol–water partition coefficient (Wildman–Crippen LogP) is 1.29. The van der Waals surface area contributed by atoms with Gasteiger partial charge in [-0.05, 0) is 19.4 Å². The van der Waals surface area contributed by atoms with Crippen molar-refractivity contribution in [3.8, 4) is 6.07 Å². The minimum Gasteiger partial charge on any atom is -0.466 e. The van der Waals surface area contributed by atoms with E-state index in [1.165, 1.54) is 6.20 Å². The number of rotatable bonds is 6. The van der Waals surface area contributed by atoms with Crippen LogP contribution in [0.4, 0.5) is 11.5 Å². The highest BCUT2D eigenvalue weighted by Gasteiger charge is 2.05. The monoisotopic (exact) mass is 248 g/mol. The minimum atomic E-state index is -0.218. The van der Waals surface area contributed by atoms with Crippen molar-refractivity contribution < 1.29 is 9.53 Å². The normalized spacial score (nSPS) is 9.56. The first-order valence-corrected chi connectivity index (χ1v) is 5.72. The standard InChI is InChI=1S/C12H16N4O2/c1-2-18-11(17)4-3-5-15-12-9(7-13)6-10(14)8-16-12/h6,8H,2-5,14H2,1H3,(H,15,16). The van der Waals surface area contributed by atoms with Crippen LogP contribution in [-0.2, 0) is 9.53 Å². The molecule has 0 atom stereocenters. The number of hydrogen-bond donors (Lipinski definition) is 2. The molecule has 0 unspecified atom stereocenters. The second kappa shape index (κ2) is 7.12. The third-order valence-electron chi connectivity index (χ3n) is 2.18. The fraction of sp³-hybridized carbons (Fsp3) is 0.417. The zero-order valence-corrected chi connectivity index (χ0v) is 10.3. The Morgan fingerprint density at radius 2 is 2.44 bits per heavy atom. The average Bonchev–Trinajstić information content (AvgIpc) is 2.36. The summed E-state index contributed by atoms with van der Waals surface area (Å²) in [5.41, 5.74) is 6.37. The molecule has 0 aliphatic heterocycles. The summed E-state index contributed by atoms with van der Waals surface area (Å²) < 4.78 is 4.80. The van der Waals surface area contributed by atoms with Crippen molar-refractivity contribution in [1.82, 2.24) is 4.98 Å². The Bertz CT molecular complexity index is 454. The highest BCUT2D eigenvalue weighted by atomic mass is 16.5. The summed E-state index contributed by atoms with van der Waals surface area (Å²) in [6.45, 7) is 2.71. The van der Waals surface area contributed by atoms with Gasteiger partial charge >= 0.3 is 5.97 Å². The zero-order chi connectivity index (χ0) is 13.4. The summed E-state index contributed by atoms with van der Waals surface area (Å²) in [5.74, 6) is 0.264. The molecule has 0 spiro atoms. The molecule has 1 aromatic heterocycles. The number of nitrogens with two attached hydrogens (primary N) is 1. The van der Waals surface area contributed by atoms with Crippen LogP contribution in [0.25, 0.3) is 0 Å². The average molecular weight is 248 g/mol. The van der Waals surface area contributed by atoms with Crippen molar-refractivity contribution in [2.45, 2.75) is 19.8 Å². The summed E-state index contributed by atoms with van der Waals surface area (Å²) in [5, 5.41) is 11.9. The Labute approximate surface area is 106 Å². The van der Waals surface area contributed by atoms with E-state index < -0.39 is 0 Å². The number of nitrogens with one attached hydrogen (secondary N) is 1. The number of carbonyl (C=O) groups is 1. The van der Waals surface area contributed by atoms with Gasteiger partial charge in [-0.25, -0.2) is 4.98 Å². The maximum atomic E-state index is 11.1. The molecule has 0 aliphatic rings. The van der Waals surface area contributed by atoms with Gasteiger partial charge in [0, 0.05) is 13.0 Å². The fourth-order valence-electron chi connectivity index (χ4n) is 1.38. The van der Waals surface area contributed by atoms with Gasteiger partial charge in [0.15, 0.2) is 0 Å². The Hall–Kier alpha value is -2.29. The molecule has 6 heteroatoms. The second-order valence-electron chi connectivity index (χ2n) is 3.61. The van der Waals surface area contributed by atoms with E-state index >= 15 is 0 Å². The lowest BCUT2D eigenvalue weighted by Crippen LogP contribution is -2.09. The van der Waals surface area contributed by atoms with E-state index in [2.05, 4.69) is 10.3 Å². The number of nitriles is 1. The van der Waals surface area contributed by atoms with Crippen LogP contribution < -0.4 is 11.1 Å². The van der Waals surface area contributed by atoms with Crippen LogP contribution in [0.15, 0.2) is 12.3 Å². The van der Waals surface area contributed by atoms with Crippen molar-refractivity contribution in [2.75, 3.05) is 24.2 Å². The molecule has 0 aliphatic carbocycles. The lowest BCUT2D eigenvalue weighted by atomic mass is 10.2. The number of pyridine rings is 1. The van der Waals surface area contributed by atoms with Gasteiger partial charge in [-0.1, -0.05) is 0 Å². The van der Waals surface area contributed by atoms with Gasteiger partial charge in [0.05, 0.1) is 24.1 Å². The Morgan fingerprint density at radius 3 is 3.11 bits per heavy atom. The minimum absolute atomic E-state index is 0.218. The quantitative estimate of drug-likeness (QED) is 0.581. The van der Waals surface area contributed by atoms with Crippen molar-refractivity contribution in [3.63, 3.8) is 0 Å². The summed E-state index contributed by atoms with van der Waals surface area (Å²) in [4.78, 5) is 15.1. The van der Waals surface area contributed by atoms with Crippen LogP contribution >= 0.6 is 0 Å². The molecule has 96 valence electrons. The van der Waals surface area contributed by atoms with Gasteiger partial charge in [0.1, 0.15) is 11.9 Å². The Balaban J connectivity index is 2.40. The number of anilines is 2. The van der Waals surface area contributed by atoms with Gasteiger partial charge in [0.25, 0.3) is 0 Å². The third kappa shape index (κ3) is 4.29. The predicted molar refractivity (Wildman–Crippen MR) is 67.7 cm³/mol. The SMILES string of the molecule is CCOC(=O)CCCNc1ncc(N)cc1C#N. The van der Waals surface area contributed by atoms with Crippen molar-refractivity contribution in [1.29, 1.82) is 5.26 Å². The molecule has 1 aromatic rings.